The maximum Gasteiger partial charge on any atom is 0.260 e. The van der Waals surface area contributed by atoms with Crippen molar-refractivity contribution >= 4 is 33.2 Å². The molecule has 0 aliphatic carbocycles. The van der Waals surface area contributed by atoms with Crippen molar-refractivity contribution in [1.29, 1.82) is 0 Å². The summed E-state index contributed by atoms with van der Waals surface area (Å²) in [7, 11) is 3.62. The number of aromatic nitrogens is 2. The molecule has 6 nitrogen and oxygen atoms in total. The van der Waals surface area contributed by atoms with Crippen LogP contribution in [0.3, 0.4) is 0 Å². The van der Waals surface area contributed by atoms with Crippen LogP contribution in [-0.4, -0.2) is 35.6 Å². The molecule has 0 bridgehead atoms. The van der Waals surface area contributed by atoms with E-state index in [-0.39, 0.29) is 5.56 Å². The molecule has 1 N–H and O–H groups in total. The highest BCUT2D eigenvalue weighted by Crippen LogP contribution is 2.32. The molecule has 0 fully saturated rings. The lowest BCUT2D eigenvalue weighted by Gasteiger charge is -2.17. The van der Waals surface area contributed by atoms with Gasteiger partial charge in [-0.1, -0.05) is 29.8 Å². The zero-order valence-corrected chi connectivity index (χ0v) is 19.7. The summed E-state index contributed by atoms with van der Waals surface area (Å²) in [6.07, 6.45) is 0. The molecule has 0 unspecified atom stereocenters. The van der Waals surface area contributed by atoms with Crippen molar-refractivity contribution < 1.29 is 9.47 Å². The number of fused-ring (bicyclic) bond motifs is 1. The molecule has 0 aliphatic rings. The van der Waals surface area contributed by atoms with Gasteiger partial charge in [0.1, 0.15) is 10.7 Å². The van der Waals surface area contributed by atoms with Crippen LogP contribution in [0.1, 0.15) is 18.3 Å². The second kappa shape index (κ2) is 9.73. The van der Waals surface area contributed by atoms with Gasteiger partial charge in [-0.2, -0.15) is 0 Å². The van der Waals surface area contributed by atoms with Crippen LogP contribution >= 0.6 is 22.9 Å². The van der Waals surface area contributed by atoms with Gasteiger partial charge in [0.2, 0.25) is 0 Å². The normalized spacial score (nSPS) is 11.3. The van der Waals surface area contributed by atoms with Gasteiger partial charge in [0.25, 0.3) is 5.56 Å². The van der Waals surface area contributed by atoms with Crippen molar-refractivity contribution in [2.75, 3.05) is 20.8 Å². The summed E-state index contributed by atoms with van der Waals surface area (Å²) in [6.45, 7) is 3.71. The molecule has 0 saturated heterocycles. The quantitative estimate of drug-likeness (QED) is 0.377. The Labute approximate surface area is 195 Å². The smallest absolute Gasteiger partial charge is 0.260 e. The summed E-state index contributed by atoms with van der Waals surface area (Å²) in [5, 5.41) is 3.24. The first-order valence-corrected chi connectivity index (χ1v) is 11.5. The summed E-state index contributed by atoms with van der Waals surface area (Å²) in [5.74, 6) is 2.07. The molecule has 4 aromatic rings. The number of hydrogen-bond acceptors (Lipinski definition) is 6. The molecule has 2 heterocycles. The maximum absolute atomic E-state index is 12.9. The Morgan fingerprint density at radius 1 is 1.12 bits per heavy atom. The SMILES string of the molecule is CCOc1ccc(CN(C)Cc2nc3scc(-c4ccc(Cl)cc4)c3c(=O)[nH]2)cc1OC. The van der Waals surface area contributed by atoms with Crippen LogP contribution in [0.4, 0.5) is 0 Å². The number of methoxy groups -OCH3 is 1. The third-order valence-electron chi connectivity index (χ3n) is 5.05. The first kappa shape index (κ1) is 22.3. The van der Waals surface area contributed by atoms with E-state index in [4.69, 9.17) is 26.1 Å². The van der Waals surface area contributed by atoms with Crippen LogP contribution < -0.4 is 15.0 Å². The lowest BCUT2D eigenvalue weighted by atomic mass is 10.1. The zero-order chi connectivity index (χ0) is 22.7. The van der Waals surface area contributed by atoms with Gasteiger partial charge in [-0.25, -0.2) is 4.98 Å². The van der Waals surface area contributed by atoms with Crippen molar-refractivity contribution in [3.63, 3.8) is 0 Å². The predicted molar refractivity (Wildman–Crippen MR) is 130 cm³/mol. The van der Waals surface area contributed by atoms with Gasteiger partial charge >= 0.3 is 0 Å². The van der Waals surface area contributed by atoms with Crippen LogP contribution in [0, 0.1) is 0 Å². The van der Waals surface area contributed by atoms with Crippen molar-refractivity contribution in [2.24, 2.45) is 0 Å². The maximum atomic E-state index is 12.9. The molecule has 0 aliphatic heterocycles. The third kappa shape index (κ3) is 4.80. The molecular formula is C24H24ClN3O3S. The minimum atomic E-state index is -0.132. The lowest BCUT2D eigenvalue weighted by molar-refractivity contribution is 0.302. The minimum absolute atomic E-state index is 0.132. The van der Waals surface area contributed by atoms with E-state index in [1.165, 1.54) is 11.3 Å². The highest BCUT2D eigenvalue weighted by atomic mass is 35.5. The number of H-pyrrole nitrogens is 1. The lowest BCUT2D eigenvalue weighted by Crippen LogP contribution is -2.21. The molecule has 0 spiro atoms. The van der Waals surface area contributed by atoms with Crippen molar-refractivity contribution in [1.82, 2.24) is 14.9 Å². The predicted octanol–water partition coefficient (Wildman–Crippen LogP) is 5.34. The number of hydrogen-bond donors (Lipinski definition) is 1. The van der Waals surface area contributed by atoms with Crippen LogP contribution in [-0.2, 0) is 13.1 Å². The van der Waals surface area contributed by atoms with E-state index < -0.39 is 0 Å². The molecule has 2 aromatic heterocycles. The Hall–Kier alpha value is -2.87. The molecule has 8 heteroatoms. The second-order valence-electron chi connectivity index (χ2n) is 7.44. The topological polar surface area (TPSA) is 67.5 Å². The average molecular weight is 470 g/mol. The number of nitrogens with one attached hydrogen (secondary N) is 1. The Bertz CT molecular complexity index is 1280. The molecule has 4 rings (SSSR count). The Balaban J connectivity index is 1.53. The fraction of sp³-hybridized carbons (Fsp3) is 0.250. The standard InChI is InChI=1S/C24H24ClN3O3S/c1-4-31-19-10-5-15(11-20(19)30-3)12-28(2)13-21-26-23(29)22-18(14-32-24(22)27-21)16-6-8-17(25)9-7-16/h5-11,14H,4,12-13H2,1-3H3,(H,26,27,29). The molecule has 0 saturated carbocycles. The first-order chi connectivity index (χ1) is 15.5. The number of ether oxygens (including phenoxy) is 2. The molecule has 0 amide bonds. The van der Waals surface area contributed by atoms with E-state index in [1.54, 1.807) is 7.11 Å². The zero-order valence-electron chi connectivity index (χ0n) is 18.1. The largest absolute Gasteiger partial charge is 0.493 e. The number of thiophene rings is 1. The Kier molecular flexibility index (Phi) is 6.79. The van der Waals surface area contributed by atoms with Gasteiger partial charge in [0.15, 0.2) is 11.5 Å². The molecule has 2 aromatic carbocycles. The van der Waals surface area contributed by atoms with E-state index >= 15 is 0 Å². The summed E-state index contributed by atoms with van der Waals surface area (Å²) in [5.41, 5.74) is 2.77. The van der Waals surface area contributed by atoms with Crippen LogP contribution in [0.5, 0.6) is 11.5 Å². The minimum Gasteiger partial charge on any atom is -0.493 e. The van der Waals surface area contributed by atoms with Gasteiger partial charge in [0, 0.05) is 22.5 Å². The number of nitrogens with zero attached hydrogens (tertiary/aromatic N) is 2. The Morgan fingerprint density at radius 2 is 1.91 bits per heavy atom. The van der Waals surface area contributed by atoms with E-state index in [9.17, 15) is 4.79 Å². The molecule has 166 valence electrons. The van der Waals surface area contributed by atoms with E-state index in [0.717, 1.165) is 27.3 Å². The van der Waals surface area contributed by atoms with Gasteiger partial charge in [0.05, 0.1) is 25.6 Å². The summed E-state index contributed by atoms with van der Waals surface area (Å²) < 4.78 is 11.0. The van der Waals surface area contributed by atoms with Gasteiger partial charge in [-0.3, -0.25) is 9.69 Å². The molecule has 0 radical (unpaired) electrons. The van der Waals surface area contributed by atoms with Gasteiger partial charge in [-0.05, 0) is 49.4 Å². The van der Waals surface area contributed by atoms with Crippen molar-refractivity contribution in [2.45, 2.75) is 20.0 Å². The number of benzene rings is 2. The van der Waals surface area contributed by atoms with E-state index in [1.807, 2.05) is 61.8 Å². The van der Waals surface area contributed by atoms with Crippen LogP contribution in [0.15, 0.2) is 52.6 Å². The van der Waals surface area contributed by atoms with Gasteiger partial charge < -0.3 is 14.5 Å². The average Bonchev–Trinajstić information content (AvgIpc) is 3.20. The fourth-order valence-electron chi connectivity index (χ4n) is 3.62. The van der Waals surface area contributed by atoms with Crippen LogP contribution in [0.25, 0.3) is 21.3 Å². The number of aromatic amines is 1. The van der Waals surface area contributed by atoms with E-state index in [2.05, 4.69) is 9.88 Å². The first-order valence-electron chi connectivity index (χ1n) is 10.2. The summed E-state index contributed by atoms with van der Waals surface area (Å²) >= 11 is 7.46. The molecule has 32 heavy (non-hydrogen) atoms. The molecular weight excluding hydrogens is 446 g/mol. The van der Waals surface area contributed by atoms with E-state index in [0.29, 0.717) is 41.7 Å². The molecule has 0 atom stereocenters. The van der Waals surface area contributed by atoms with Crippen molar-refractivity contribution in [3.8, 4) is 22.6 Å². The number of halogens is 1. The Morgan fingerprint density at radius 3 is 2.62 bits per heavy atom. The number of rotatable bonds is 8. The van der Waals surface area contributed by atoms with Crippen LogP contribution in [0.2, 0.25) is 5.02 Å². The summed E-state index contributed by atoms with van der Waals surface area (Å²) in [6, 6.07) is 13.4. The highest BCUT2D eigenvalue weighted by Gasteiger charge is 2.14. The second-order valence-corrected chi connectivity index (χ2v) is 8.73. The van der Waals surface area contributed by atoms with Crippen molar-refractivity contribution in [3.05, 3.63) is 74.6 Å². The highest BCUT2D eigenvalue weighted by molar-refractivity contribution is 7.17. The summed E-state index contributed by atoms with van der Waals surface area (Å²) in [4.78, 5) is 23.4. The third-order valence-corrected chi connectivity index (χ3v) is 6.17. The fourth-order valence-corrected chi connectivity index (χ4v) is 4.71. The monoisotopic (exact) mass is 469 g/mol. The van der Waals surface area contributed by atoms with Gasteiger partial charge in [-0.15, -0.1) is 11.3 Å².